The van der Waals surface area contributed by atoms with Gasteiger partial charge in [0.05, 0.1) is 13.2 Å². The Balaban J connectivity index is 0.000000235. The van der Waals surface area contributed by atoms with E-state index < -0.39 is 16.4 Å². The van der Waals surface area contributed by atoms with Crippen molar-refractivity contribution in [1.29, 1.82) is 0 Å². The van der Waals surface area contributed by atoms with Gasteiger partial charge in [0.1, 0.15) is 0 Å². The van der Waals surface area contributed by atoms with Crippen molar-refractivity contribution in [3.8, 4) is 0 Å². The van der Waals surface area contributed by atoms with Crippen molar-refractivity contribution < 1.29 is 31.7 Å². The number of nitrogens with zero attached hydrogens (tertiary/aromatic N) is 2. The number of rotatable bonds is 4. The van der Waals surface area contributed by atoms with Gasteiger partial charge in [-0.15, -0.1) is 4.28 Å². The van der Waals surface area contributed by atoms with E-state index in [2.05, 4.69) is 21.4 Å². The summed E-state index contributed by atoms with van der Waals surface area (Å²) in [6, 6.07) is 0.0355. The number of hydrogen-bond donors (Lipinski definition) is 3. The van der Waals surface area contributed by atoms with E-state index in [1.807, 2.05) is 5.48 Å². The molecule has 3 amide bonds. The Morgan fingerprint density at radius 1 is 1.36 bits per heavy atom. The smallest absolute Gasteiger partial charge is 0.321 e. The van der Waals surface area contributed by atoms with Gasteiger partial charge in [-0.05, 0) is 39.2 Å². The van der Waals surface area contributed by atoms with Crippen molar-refractivity contribution in [2.24, 2.45) is 0 Å². The molecule has 3 heterocycles. The third kappa shape index (κ3) is 7.96. The van der Waals surface area contributed by atoms with Gasteiger partial charge in [0.2, 0.25) is 6.41 Å². The van der Waals surface area contributed by atoms with Crippen LogP contribution in [0.25, 0.3) is 0 Å². The first-order chi connectivity index (χ1) is 11.8. The molecule has 3 fully saturated rings. The lowest BCUT2D eigenvalue weighted by molar-refractivity contribution is -0.118. The van der Waals surface area contributed by atoms with Gasteiger partial charge in [0.15, 0.2) is 0 Å². The van der Waals surface area contributed by atoms with E-state index in [4.69, 9.17) is 9.35 Å². The predicted molar refractivity (Wildman–Crippen MR) is 87.4 cm³/mol. The number of urea groups is 1. The molecule has 25 heavy (non-hydrogen) atoms. The molecule has 0 aromatic heterocycles. The lowest BCUT2D eigenvalue weighted by Crippen LogP contribution is -2.35. The van der Waals surface area contributed by atoms with Crippen LogP contribution in [0.3, 0.4) is 0 Å². The highest BCUT2D eigenvalue weighted by molar-refractivity contribution is 7.80. The fraction of sp³-hybridized carbons (Fsp3) is 0.846. The third-order valence-corrected chi connectivity index (χ3v) is 4.18. The lowest BCUT2D eigenvalue weighted by atomic mass is 10.1. The minimum Gasteiger partial charge on any atom is -0.321 e. The van der Waals surface area contributed by atoms with Crippen molar-refractivity contribution >= 4 is 22.8 Å². The predicted octanol–water partition coefficient (Wildman–Crippen LogP) is -0.327. The number of hydroxylamine groups is 3. The Morgan fingerprint density at radius 2 is 2.08 bits per heavy atom. The van der Waals surface area contributed by atoms with Crippen LogP contribution in [0.4, 0.5) is 4.79 Å². The molecule has 3 aliphatic heterocycles. The van der Waals surface area contributed by atoms with Crippen LogP contribution < -0.4 is 10.8 Å². The molecule has 0 spiro atoms. The van der Waals surface area contributed by atoms with Crippen LogP contribution in [0, 0.1) is 0 Å². The molecule has 11 nitrogen and oxygen atoms in total. The Bertz CT molecular complexity index is 524. The highest BCUT2D eigenvalue weighted by Crippen LogP contribution is 2.25. The molecule has 0 aromatic rings. The molecular formula is C13H26N4O7S. The van der Waals surface area contributed by atoms with Gasteiger partial charge >= 0.3 is 16.4 Å². The zero-order chi connectivity index (χ0) is 18.9. The highest BCUT2D eigenvalue weighted by Gasteiger charge is 2.42. The van der Waals surface area contributed by atoms with Crippen molar-refractivity contribution in [2.45, 2.75) is 44.7 Å². The summed E-state index contributed by atoms with van der Waals surface area (Å²) in [5, 5.41) is 4.06. The normalized spacial score (nSPS) is 24.8. The molecule has 0 aromatic carbocycles. The fourth-order valence-corrected chi connectivity index (χ4v) is 3.10. The van der Waals surface area contributed by atoms with Crippen LogP contribution >= 0.6 is 0 Å². The topological polar surface area (TPSA) is 138 Å². The molecule has 3 aliphatic rings. The van der Waals surface area contributed by atoms with E-state index in [0.29, 0.717) is 25.9 Å². The van der Waals surface area contributed by atoms with E-state index in [-0.39, 0.29) is 6.04 Å². The summed E-state index contributed by atoms with van der Waals surface area (Å²) in [7, 11) is -3.23. The molecule has 12 heteroatoms. The number of piperidine rings is 1. The first kappa shape index (κ1) is 21.6. The van der Waals surface area contributed by atoms with Crippen LogP contribution in [0.5, 0.6) is 0 Å². The van der Waals surface area contributed by atoms with E-state index in [9.17, 15) is 13.2 Å². The Hall–Kier alpha value is -1.47. The molecule has 0 radical (unpaired) electrons. The van der Waals surface area contributed by atoms with Gasteiger partial charge in [-0.1, -0.05) is 0 Å². The molecular weight excluding hydrogens is 356 g/mol. The van der Waals surface area contributed by atoms with Gasteiger partial charge in [0.25, 0.3) is 0 Å². The molecule has 146 valence electrons. The summed E-state index contributed by atoms with van der Waals surface area (Å²) >= 11 is 0. The average molecular weight is 382 g/mol. The molecule has 2 atom stereocenters. The van der Waals surface area contributed by atoms with Gasteiger partial charge in [-0.2, -0.15) is 13.5 Å². The summed E-state index contributed by atoms with van der Waals surface area (Å²) in [5.74, 6) is 0. The zero-order valence-electron chi connectivity index (χ0n) is 14.4. The molecule has 3 saturated heterocycles. The van der Waals surface area contributed by atoms with E-state index in [1.54, 1.807) is 0 Å². The van der Waals surface area contributed by atoms with Crippen LogP contribution in [-0.4, -0.2) is 74.2 Å². The maximum absolute atomic E-state index is 11.4. The maximum Gasteiger partial charge on any atom is 0.418 e. The monoisotopic (exact) mass is 382 g/mol. The van der Waals surface area contributed by atoms with Gasteiger partial charge in [-0.3, -0.25) is 14.2 Å². The molecule has 1 unspecified atom stereocenters. The van der Waals surface area contributed by atoms with Crippen LogP contribution in [0.1, 0.15) is 32.6 Å². The van der Waals surface area contributed by atoms with Crippen molar-refractivity contribution in [3.05, 3.63) is 0 Å². The molecule has 3 N–H and O–H groups in total. The molecule has 0 saturated carbocycles. The summed E-state index contributed by atoms with van der Waals surface area (Å²) in [6.07, 6.45) is 4.72. The average Bonchev–Trinajstić information content (AvgIpc) is 3.10. The quantitative estimate of drug-likeness (QED) is 0.341. The summed E-state index contributed by atoms with van der Waals surface area (Å²) in [6.45, 7) is 4.54. The zero-order valence-corrected chi connectivity index (χ0v) is 15.2. The number of carbonyl (C=O) groups excluding carboxylic acids is 2. The van der Waals surface area contributed by atoms with Gasteiger partial charge < -0.3 is 10.2 Å². The maximum atomic E-state index is 11.4. The number of nitrogens with one attached hydrogen (secondary N) is 2. The number of fused-ring (bicyclic) bond motifs is 2. The fourth-order valence-electron chi connectivity index (χ4n) is 2.72. The van der Waals surface area contributed by atoms with E-state index in [1.165, 1.54) is 31.4 Å². The molecule has 2 bridgehead atoms. The first-order valence-corrected chi connectivity index (χ1v) is 9.35. The SMILES string of the molecule is CC1CCCN1.CONC=O.O=C1N2CCC[C@H](C2)N1OS(=O)(=O)O. The highest BCUT2D eigenvalue weighted by atomic mass is 32.3. The van der Waals surface area contributed by atoms with E-state index >= 15 is 0 Å². The van der Waals surface area contributed by atoms with Crippen molar-refractivity contribution in [3.63, 3.8) is 0 Å². The summed E-state index contributed by atoms with van der Waals surface area (Å²) < 4.78 is 33.5. The minimum atomic E-state index is -4.60. The second-order valence-corrected chi connectivity index (χ2v) is 6.79. The first-order valence-electron chi connectivity index (χ1n) is 7.99. The lowest BCUT2D eigenvalue weighted by Gasteiger charge is -2.20. The Kier molecular flexibility index (Phi) is 9.06. The Labute approximate surface area is 147 Å². The Morgan fingerprint density at radius 3 is 2.44 bits per heavy atom. The second kappa shape index (κ2) is 10.5. The largest absolute Gasteiger partial charge is 0.418 e. The van der Waals surface area contributed by atoms with E-state index in [0.717, 1.165) is 17.5 Å². The number of carbonyl (C=O) groups is 2. The standard InChI is InChI=1S/C6H10N2O5S.C5H11N.C2H5NO2/c9-6-7-3-1-2-5(4-7)8(6)13-14(10,11)12;1-5-3-2-4-6-5;1-5-3-2-4/h5H,1-4H2,(H,10,11,12);5-6H,2-4H2,1H3;2H,1H3,(H,3,4)/t5-;;/m1../s1. The van der Waals surface area contributed by atoms with Crippen LogP contribution in [-0.2, 0) is 24.3 Å². The second-order valence-electron chi connectivity index (χ2n) is 5.79. The molecule has 3 rings (SSSR count). The number of hydrogen-bond acceptors (Lipinski definition) is 7. The number of amides is 3. The van der Waals surface area contributed by atoms with Crippen molar-refractivity contribution in [2.75, 3.05) is 26.7 Å². The van der Waals surface area contributed by atoms with Crippen LogP contribution in [0.2, 0.25) is 0 Å². The van der Waals surface area contributed by atoms with Crippen LogP contribution in [0.15, 0.2) is 0 Å². The summed E-state index contributed by atoms with van der Waals surface area (Å²) in [5.41, 5.74) is 1.93. The minimum absolute atomic E-state index is 0.266. The van der Waals surface area contributed by atoms with Gasteiger partial charge in [0, 0.05) is 19.1 Å². The third-order valence-electron chi connectivity index (χ3n) is 3.83. The molecule has 0 aliphatic carbocycles. The van der Waals surface area contributed by atoms with Gasteiger partial charge in [-0.25, -0.2) is 10.3 Å². The van der Waals surface area contributed by atoms with Crippen molar-refractivity contribution in [1.82, 2.24) is 20.8 Å². The summed E-state index contributed by atoms with van der Waals surface area (Å²) in [4.78, 5) is 26.2.